The van der Waals surface area contributed by atoms with Crippen molar-refractivity contribution in [1.29, 1.82) is 0 Å². The normalized spacial score (nSPS) is 25.0. The fourth-order valence-electron chi connectivity index (χ4n) is 2.79. The Balaban J connectivity index is 2.13. The van der Waals surface area contributed by atoms with E-state index in [0.717, 1.165) is 30.5 Å². The molecule has 1 aromatic heterocycles. The fraction of sp³-hybridized carbons (Fsp3) is 0.571. The third-order valence-electron chi connectivity index (χ3n) is 3.61. The first-order chi connectivity index (χ1) is 8.58. The van der Waals surface area contributed by atoms with Gasteiger partial charge in [0.15, 0.2) is 0 Å². The highest BCUT2D eigenvalue weighted by Gasteiger charge is 2.33. The van der Waals surface area contributed by atoms with Crippen LogP contribution in [0.25, 0.3) is 0 Å². The van der Waals surface area contributed by atoms with E-state index in [-0.39, 0.29) is 12.0 Å². The molecule has 1 aromatic rings. The second-order valence-corrected chi connectivity index (χ2v) is 5.24. The number of rotatable bonds is 3. The van der Waals surface area contributed by atoms with Crippen molar-refractivity contribution in [3.63, 3.8) is 0 Å². The highest BCUT2D eigenvalue weighted by molar-refractivity contribution is 5.74. The topological polar surface area (TPSA) is 53.4 Å². The zero-order valence-corrected chi connectivity index (χ0v) is 11.0. The summed E-state index contributed by atoms with van der Waals surface area (Å²) in [5.41, 5.74) is 2.21. The summed E-state index contributed by atoms with van der Waals surface area (Å²) in [4.78, 5) is 17.6. The van der Waals surface area contributed by atoms with Crippen molar-refractivity contribution >= 4 is 5.97 Å². The van der Waals surface area contributed by atoms with Crippen LogP contribution < -0.4 is 0 Å². The van der Waals surface area contributed by atoms with Gasteiger partial charge < -0.3 is 5.11 Å². The van der Waals surface area contributed by atoms with Gasteiger partial charge in [0.1, 0.15) is 6.04 Å². The summed E-state index contributed by atoms with van der Waals surface area (Å²) < 4.78 is 0. The highest BCUT2D eigenvalue weighted by Crippen LogP contribution is 2.25. The van der Waals surface area contributed by atoms with Gasteiger partial charge in [-0.3, -0.25) is 14.7 Å². The lowest BCUT2D eigenvalue weighted by atomic mass is 9.90. The van der Waals surface area contributed by atoms with Crippen LogP contribution in [0.1, 0.15) is 30.9 Å². The van der Waals surface area contributed by atoms with E-state index in [1.54, 1.807) is 0 Å². The number of aryl methyl sites for hydroxylation is 1. The number of hydrogen-bond acceptors (Lipinski definition) is 3. The van der Waals surface area contributed by atoms with Gasteiger partial charge in [-0.25, -0.2) is 0 Å². The second kappa shape index (κ2) is 5.48. The van der Waals surface area contributed by atoms with Crippen LogP contribution in [0.5, 0.6) is 0 Å². The second-order valence-electron chi connectivity index (χ2n) is 5.24. The van der Waals surface area contributed by atoms with E-state index in [4.69, 9.17) is 0 Å². The van der Waals surface area contributed by atoms with Crippen LogP contribution in [0, 0.1) is 12.8 Å². The Morgan fingerprint density at radius 1 is 1.56 bits per heavy atom. The molecule has 1 aliphatic heterocycles. The Morgan fingerprint density at radius 2 is 2.33 bits per heavy atom. The first-order valence-corrected chi connectivity index (χ1v) is 6.45. The molecule has 4 nitrogen and oxygen atoms in total. The highest BCUT2D eigenvalue weighted by atomic mass is 16.4. The molecule has 1 N–H and O–H groups in total. The van der Waals surface area contributed by atoms with Gasteiger partial charge in [0.2, 0.25) is 0 Å². The lowest BCUT2D eigenvalue weighted by Crippen LogP contribution is -2.48. The molecule has 2 heterocycles. The number of carboxylic acids is 1. The molecule has 4 heteroatoms. The lowest BCUT2D eigenvalue weighted by molar-refractivity contribution is -0.147. The maximum atomic E-state index is 11.4. The van der Waals surface area contributed by atoms with E-state index >= 15 is 0 Å². The Hall–Kier alpha value is -1.42. The van der Waals surface area contributed by atoms with Crippen molar-refractivity contribution < 1.29 is 9.90 Å². The van der Waals surface area contributed by atoms with Gasteiger partial charge in [-0.2, -0.15) is 0 Å². The molecule has 1 aliphatic rings. The summed E-state index contributed by atoms with van der Waals surface area (Å²) in [7, 11) is 0. The maximum Gasteiger partial charge on any atom is 0.321 e. The molecule has 1 saturated heterocycles. The Labute approximate surface area is 108 Å². The van der Waals surface area contributed by atoms with Gasteiger partial charge >= 0.3 is 5.97 Å². The molecule has 0 radical (unpaired) electrons. The first-order valence-electron chi connectivity index (χ1n) is 6.45. The molecule has 98 valence electrons. The minimum absolute atomic E-state index is 0.217. The van der Waals surface area contributed by atoms with Crippen LogP contribution in [-0.2, 0) is 11.3 Å². The maximum absolute atomic E-state index is 11.4. The number of carboxylic acid groups (broad SMARTS) is 1. The predicted octanol–water partition coefficient (Wildman–Crippen LogP) is 2.08. The van der Waals surface area contributed by atoms with Crippen molar-refractivity contribution in [3.8, 4) is 0 Å². The molecule has 0 aromatic carbocycles. The van der Waals surface area contributed by atoms with Crippen LogP contribution in [0.4, 0.5) is 0 Å². The van der Waals surface area contributed by atoms with Crippen LogP contribution in [0.3, 0.4) is 0 Å². The number of pyridine rings is 1. The summed E-state index contributed by atoms with van der Waals surface area (Å²) in [6.07, 6.45) is 5.71. The number of nitrogens with zero attached hydrogens (tertiary/aromatic N) is 2. The number of likely N-dealkylation sites (tertiary alicyclic amines) is 1. The van der Waals surface area contributed by atoms with Gasteiger partial charge in [-0.1, -0.05) is 13.0 Å². The van der Waals surface area contributed by atoms with Gasteiger partial charge in [0, 0.05) is 18.9 Å². The Morgan fingerprint density at radius 3 is 3.00 bits per heavy atom. The van der Waals surface area contributed by atoms with Crippen molar-refractivity contribution in [2.75, 3.05) is 6.54 Å². The van der Waals surface area contributed by atoms with Crippen molar-refractivity contribution in [2.24, 2.45) is 5.92 Å². The third-order valence-corrected chi connectivity index (χ3v) is 3.61. The largest absolute Gasteiger partial charge is 0.480 e. The monoisotopic (exact) mass is 248 g/mol. The average molecular weight is 248 g/mol. The lowest BCUT2D eigenvalue weighted by Gasteiger charge is -2.37. The number of aromatic nitrogens is 1. The number of carbonyl (C=O) groups is 1. The van der Waals surface area contributed by atoms with Crippen LogP contribution in [-0.4, -0.2) is 33.5 Å². The molecule has 18 heavy (non-hydrogen) atoms. The molecule has 2 rings (SSSR count). The number of piperidine rings is 1. The molecule has 0 saturated carbocycles. The SMILES string of the molecule is Cc1cncc(CN2CCCC(C)C2C(=O)O)c1. The molecular formula is C14H20N2O2. The zero-order chi connectivity index (χ0) is 13.1. The predicted molar refractivity (Wildman–Crippen MR) is 69.2 cm³/mol. The van der Waals surface area contributed by atoms with Crippen LogP contribution in [0.2, 0.25) is 0 Å². The molecule has 1 fully saturated rings. The van der Waals surface area contributed by atoms with E-state index in [9.17, 15) is 9.90 Å². The summed E-state index contributed by atoms with van der Waals surface area (Å²) in [6, 6.07) is 1.71. The molecule has 0 bridgehead atoms. The smallest absolute Gasteiger partial charge is 0.321 e. The minimum atomic E-state index is -0.706. The average Bonchev–Trinajstić information content (AvgIpc) is 2.28. The summed E-state index contributed by atoms with van der Waals surface area (Å²) >= 11 is 0. The van der Waals surface area contributed by atoms with Gasteiger partial charge in [0.05, 0.1) is 0 Å². The van der Waals surface area contributed by atoms with Gasteiger partial charge in [-0.05, 0) is 43.4 Å². The van der Waals surface area contributed by atoms with Crippen molar-refractivity contribution in [2.45, 2.75) is 39.3 Å². The minimum Gasteiger partial charge on any atom is -0.480 e. The molecule has 0 amide bonds. The van der Waals surface area contributed by atoms with E-state index in [2.05, 4.69) is 16.0 Å². The van der Waals surface area contributed by atoms with Gasteiger partial charge in [-0.15, -0.1) is 0 Å². The van der Waals surface area contributed by atoms with Crippen LogP contribution in [0.15, 0.2) is 18.5 Å². The summed E-state index contributed by atoms with van der Waals surface area (Å²) in [5.74, 6) is -0.489. The molecule has 0 aliphatic carbocycles. The third kappa shape index (κ3) is 2.88. The summed E-state index contributed by atoms with van der Waals surface area (Å²) in [6.45, 7) is 5.56. The molecular weight excluding hydrogens is 228 g/mol. The number of hydrogen-bond donors (Lipinski definition) is 1. The number of aliphatic carboxylic acids is 1. The fourth-order valence-corrected chi connectivity index (χ4v) is 2.79. The Bertz CT molecular complexity index is 434. The first kappa shape index (κ1) is 13.0. The van der Waals surface area contributed by atoms with Gasteiger partial charge in [0.25, 0.3) is 0 Å². The van der Waals surface area contributed by atoms with Crippen molar-refractivity contribution in [3.05, 3.63) is 29.6 Å². The van der Waals surface area contributed by atoms with E-state index < -0.39 is 5.97 Å². The summed E-state index contributed by atoms with van der Waals surface area (Å²) in [5, 5.41) is 9.35. The Kier molecular flexibility index (Phi) is 3.97. The van der Waals surface area contributed by atoms with Crippen LogP contribution >= 0.6 is 0 Å². The van der Waals surface area contributed by atoms with E-state index in [1.165, 1.54) is 0 Å². The van der Waals surface area contributed by atoms with E-state index in [1.807, 2.05) is 26.2 Å². The molecule has 2 unspecified atom stereocenters. The zero-order valence-electron chi connectivity index (χ0n) is 11.0. The molecule has 2 atom stereocenters. The quantitative estimate of drug-likeness (QED) is 0.889. The van der Waals surface area contributed by atoms with E-state index in [0.29, 0.717) is 6.54 Å². The standard InChI is InChI=1S/C14H20N2O2/c1-10-6-12(8-15-7-10)9-16-5-3-4-11(2)13(16)14(17)18/h6-8,11,13H,3-5,9H2,1-2H3,(H,17,18). The van der Waals surface area contributed by atoms with Crippen molar-refractivity contribution in [1.82, 2.24) is 9.88 Å². The molecule has 0 spiro atoms.